The number of aldehydes is 1. The number of hydrogen-bond acceptors (Lipinski definition) is 3. The van der Waals surface area contributed by atoms with E-state index in [1.807, 2.05) is 18.2 Å². The molecule has 4 nitrogen and oxygen atoms in total. The second kappa shape index (κ2) is 4.41. The summed E-state index contributed by atoms with van der Waals surface area (Å²) in [5.74, 6) is 0. The molecule has 0 radical (unpaired) electrons. The smallest absolute Gasteiger partial charge is 0.169 e. The molecule has 2 rings (SSSR count). The quantitative estimate of drug-likeness (QED) is 0.725. The third kappa shape index (κ3) is 2.15. The fourth-order valence-corrected chi connectivity index (χ4v) is 1.47. The van der Waals surface area contributed by atoms with Crippen molar-refractivity contribution in [2.75, 3.05) is 0 Å². The molecule has 0 bridgehead atoms. The molecule has 0 saturated carbocycles. The number of nitrogens with zero attached hydrogens (tertiary/aromatic N) is 3. The second-order valence-corrected chi connectivity index (χ2v) is 3.40. The molecule has 1 heterocycles. The number of hydrogen-bond donors (Lipinski definition) is 0. The van der Waals surface area contributed by atoms with Gasteiger partial charge in [-0.25, -0.2) is 4.98 Å². The van der Waals surface area contributed by atoms with E-state index in [1.165, 1.54) is 0 Å². The van der Waals surface area contributed by atoms with Gasteiger partial charge in [0, 0.05) is 12.7 Å². The summed E-state index contributed by atoms with van der Waals surface area (Å²) >= 11 is 0. The number of rotatable bonds is 3. The normalized spacial score (nSPS) is 9.69. The molecular formula is C12H9N3O. The molecule has 0 N–H and O–H groups in total. The van der Waals surface area contributed by atoms with Crippen molar-refractivity contribution >= 4 is 6.29 Å². The number of carbonyl (C=O) groups is 1. The van der Waals surface area contributed by atoms with Gasteiger partial charge in [-0.05, 0) is 17.7 Å². The van der Waals surface area contributed by atoms with E-state index in [0.29, 0.717) is 24.1 Å². The van der Waals surface area contributed by atoms with Gasteiger partial charge >= 0.3 is 0 Å². The van der Waals surface area contributed by atoms with E-state index in [0.717, 1.165) is 5.56 Å². The van der Waals surface area contributed by atoms with Crippen molar-refractivity contribution in [1.82, 2.24) is 9.55 Å². The van der Waals surface area contributed by atoms with Crippen LogP contribution in [0.25, 0.3) is 0 Å². The maximum Gasteiger partial charge on any atom is 0.169 e. The highest BCUT2D eigenvalue weighted by Gasteiger charge is 1.99. The average molecular weight is 211 g/mol. The predicted octanol–water partition coefficient (Wildman–Crippen LogP) is 1.62. The lowest BCUT2D eigenvalue weighted by atomic mass is 10.1. The topological polar surface area (TPSA) is 58.7 Å². The van der Waals surface area contributed by atoms with Crippen LogP contribution in [0, 0.1) is 11.3 Å². The Bertz CT molecular complexity index is 551. The highest BCUT2D eigenvalue weighted by molar-refractivity contribution is 5.70. The Morgan fingerprint density at radius 3 is 3.06 bits per heavy atom. The van der Waals surface area contributed by atoms with Gasteiger partial charge < -0.3 is 4.57 Å². The number of carbonyl (C=O) groups excluding carboxylic acids is 1. The zero-order chi connectivity index (χ0) is 11.4. The highest BCUT2D eigenvalue weighted by atomic mass is 16.1. The summed E-state index contributed by atoms with van der Waals surface area (Å²) < 4.78 is 1.81. The van der Waals surface area contributed by atoms with Crippen LogP contribution >= 0.6 is 0 Å². The summed E-state index contributed by atoms with van der Waals surface area (Å²) in [6.07, 6.45) is 3.98. The van der Waals surface area contributed by atoms with E-state index in [-0.39, 0.29) is 0 Å². The maximum atomic E-state index is 10.5. The Kier molecular flexibility index (Phi) is 2.79. The maximum absolute atomic E-state index is 10.5. The standard InChI is InChI=1S/C12H9N3O/c13-5-10-2-1-3-11(4-10)6-15-7-12(8-16)14-9-15/h1-4,7-9H,6H2. The molecule has 0 spiro atoms. The van der Waals surface area contributed by atoms with Crippen LogP contribution in [0.3, 0.4) is 0 Å². The molecule has 0 aliphatic heterocycles. The molecule has 0 aliphatic carbocycles. The van der Waals surface area contributed by atoms with Gasteiger partial charge in [0.15, 0.2) is 6.29 Å². The number of aromatic nitrogens is 2. The first kappa shape index (κ1) is 10.1. The Balaban J connectivity index is 2.20. The van der Waals surface area contributed by atoms with Crippen molar-refractivity contribution in [2.24, 2.45) is 0 Å². The van der Waals surface area contributed by atoms with Crippen LogP contribution in [0.4, 0.5) is 0 Å². The van der Waals surface area contributed by atoms with Crippen LogP contribution in [0.2, 0.25) is 0 Å². The SMILES string of the molecule is N#Cc1cccc(Cn2cnc(C=O)c2)c1. The largest absolute Gasteiger partial charge is 0.332 e. The molecule has 1 aromatic carbocycles. The van der Waals surface area contributed by atoms with Crippen LogP contribution in [0.15, 0.2) is 36.8 Å². The third-order valence-corrected chi connectivity index (χ3v) is 2.20. The van der Waals surface area contributed by atoms with Gasteiger partial charge in [0.2, 0.25) is 0 Å². The van der Waals surface area contributed by atoms with Crippen LogP contribution in [0.1, 0.15) is 21.6 Å². The Labute approximate surface area is 92.8 Å². The molecule has 0 atom stereocenters. The first-order valence-corrected chi connectivity index (χ1v) is 4.78. The first-order valence-electron chi connectivity index (χ1n) is 4.78. The fourth-order valence-electron chi connectivity index (χ4n) is 1.47. The Morgan fingerprint density at radius 2 is 2.38 bits per heavy atom. The predicted molar refractivity (Wildman–Crippen MR) is 57.9 cm³/mol. The van der Waals surface area contributed by atoms with E-state index in [9.17, 15) is 4.79 Å². The second-order valence-electron chi connectivity index (χ2n) is 3.40. The molecule has 78 valence electrons. The lowest BCUT2D eigenvalue weighted by Gasteiger charge is -2.02. The van der Waals surface area contributed by atoms with Crippen molar-refractivity contribution < 1.29 is 4.79 Å². The van der Waals surface area contributed by atoms with Crippen LogP contribution in [-0.2, 0) is 6.54 Å². The molecule has 4 heteroatoms. The van der Waals surface area contributed by atoms with Gasteiger partial charge in [-0.1, -0.05) is 12.1 Å². The van der Waals surface area contributed by atoms with Crippen LogP contribution < -0.4 is 0 Å². The van der Waals surface area contributed by atoms with Crippen molar-refractivity contribution in [3.05, 3.63) is 53.6 Å². The van der Waals surface area contributed by atoms with Crippen molar-refractivity contribution in [1.29, 1.82) is 5.26 Å². The van der Waals surface area contributed by atoms with E-state index in [1.54, 1.807) is 23.2 Å². The zero-order valence-corrected chi connectivity index (χ0v) is 8.50. The lowest BCUT2D eigenvalue weighted by Crippen LogP contribution is -1.96. The summed E-state index contributed by atoms with van der Waals surface area (Å²) in [6, 6.07) is 9.44. The third-order valence-electron chi connectivity index (χ3n) is 2.20. The summed E-state index contributed by atoms with van der Waals surface area (Å²) in [5.41, 5.74) is 2.05. The van der Waals surface area contributed by atoms with Gasteiger partial charge in [-0.2, -0.15) is 5.26 Å². The highest BCUT2D eigenvalue weighted by Crippen LogP contribution is 2.06. The molecule has 16 heavy (non-hydrogen) atoms. The average Bonchev–Trinajstić information content (AvgIpc) is 2.77. The number of nitriles is 1. The summed E-state index contributed by atoms with van der Waals surface area (Å²) in [5, 5.41) is 8.75. The van der Waals surface area contributed by atoms with Crippen molar-refractivity contribution in [3.63, 3.8) is 0 Å². The van der Waals surface area contributed by atoms with Gasteiger partial charge in [0.1, 0.15) is 5.69 Å². The summed E-state index contributed by atoms with van der Waals surface area (Å²) in [4.78, 5) is 14.4. The molecule has 0 aliphatic rings. The monoisotopic (exact) mass is 211 g/mol. The minimum absolute atomic E-state index is 0.413. The van der Waals surface area contributed by atoms with Crippen molar-refractivity contribution in [2.45, 2.75) is 6.54 Å². The molecule has 0 amide bonds. The Morgan fingerprint density at radius 1 is 1.50 bits per heavy atom. The fraction of sp³-hybridized carbons (Fsp3) is 0.0833. The lowest BCUT2D eigenvalue weighted by molar-refractivity contribution is 0.111. The van der Waals surface area contributed by atoms with Gasteiger partial charge in [0.25, 0.3) is 0 Å². The molecular weight excluding hydrogens is 202 g/mol. The van der Waals surface area contributed by atoms with Crippen molar-refractivity contribution in [3.8, 4) is 6.07 Å². The van der Waals surface area contributed by atoms with Gasteiger partial charge in [0.05, 0.1) is 18.0 Å². The molecule has 0 unspecified atom stereocenters. The van der Waals surface area contributed by atoms with Crippen LogP contribution in [-0.4, -0.2) is 15.8 Å². The van der Waals surface area contributed by atoms with Gasteiger partial charge in [-0.15, -0.1) is 0 Å². The zero-order valence-electron chi connectivity index (χ0n) is 8.50. The minimum Gasteiger partial charge on any atom is -0.332 e. The molecule has 2 aromatic rings. The molecule has 0 saturated heterocycles. The van der Waals surface area contributed by atoms with E-state index in [4.69, 9.17) is 5.26 Å². The summed E-state index contributed by atoms with van der Waals surface area (Å²) in [7, 11) is 0. The van der Waals surface area contributed by atoms with E-state index < -0.39 is 0 Å². The van der Waals surface area contributed by atoms with Gasteiger partial charge in [-0.3, -0.25) is 4.79 Å². The molecule has 0 fully saturated rings. The summed E-state index contributed by atoms with van der Waals surface area (Å²) in [6.45, 7) is 0.607. The Hall–Kier alpha value is -2.41. The number of imidazole rings is 1. The molecule has 1 aromatic heterocycles. The number of benzene rings is 1. The minimum atomic E-state index is 0.413. The van der Waals surface area contributed by atoms with E-state index in [2.05, 4.69) is 11.1 Å². The van der Waals surface area contributed by atoms with E-state index >= 15 is 0 Å². The first-order chi connectivity index (χ1) is 7.81. The van der Waals surface area contributed by atoms with Crippen LogP contribution in [0.5, 0.6) is 0 Å².